The molecular weight excluding hydrogens is 362 g/mol. The van der Waals surface area contributed by atoms with E-state index in [1.165, 1.54) is 18.4 Å². The van der Waals surface area contributed by atoms with Crippen LogP contribution in [0, 0.1) is 5.92 Å². The molecule has 0 radical (unpaired) electrons. The first-order chi connectivity index (χ1) is 14.1. The van der Waals surface area contributed by atoms with E-state index < -0.39 is 5.97 Å². The lowest BCUT2D eigenvalue weighted by atomic mass is 9.98. The van der Waals surface area contributed by atoms with Crippen molar-refractivity contribution in [2.75, 3.05) is 6.54 Å². The predicted molar refractivity (Wildman–Crippen MR) is 118 cm³/mol. The highest BCUT2D eigenvalue weighted by molar-refractivity contribution is 5.79. The Balaban J connectivity index is 1.62. The van der Waals surface area contributed by atoms with Crippen molar-refractivity contribution >= 4 is 11.9 Å². The van der Waals surface area contributed by atoms with Crippen molar-refractivity contribution in [2.24, 2.45) is 5.92 Å². The Morgan fingerprint density at radius 2 is 1.93 bits per heavy atom. The van der Waals surface area contributed by atoms with Gasteiger partial charge in [-0.3, -0.25) is 9.59 Å². The molecule has 1 saturated heterocycles. The van der Waals surface area contributed by atoms with E-state index in [1.807, 2.05) is 4.90 Å². The first kappa shape index (κ1) is 23.2. The van der Waals surface area contributed by atoms with Crippen LogP contribution >= 0.6 is 0 Å². The van der Waals surface area contributed by atoms with Gasteiger partial charge in [0.25, 0.3) is 0 Å². The second-order valence-electron chi connectivity index (χ2n) is 8.40. The number of likely N-dealkylation sites (tertiary alicyclic amines) is 1. The summed E-state index contributed by atoms with van der Waals surface area (Å²) in [7, 11) is 0. The fraction of sp³-hybridized carbons (Fsp3) is 0.600. The van der Waals surface area contributed by atoms with E-state index in [4.69, 9.17) is 5.11 Å². The van der Waals surface area contributed by atoms with Crippen molar-refractivity contribution in [2.45, 2.75) is 83.6 Å². The fourth-order valence-electron chi connectivity index (χ4n) is 4.04. The first-order valence-corrected chi connectivity index (χ1v) is 11.3. The smallest absolute Gasteiger partial charge is 0.303 e. The Morgan fingerprint density at radius 3 is 2.69 bits per heavy atom. The number of carboxylic acids is 1. The van der Waals surface area contributed by atoms with Crippen molar-refractivity contribution < 1.29 is 14.7 Å². The summed E-state index contributed by atoms with van der Waals surface area (Å²) in [5.74, 6) is 0.204. The fourth-order valence-corrected chi connectivity index (χ4v) is 4.04. The van der Waals surface area contributed by atoms with Gasteiger partial charge in [-0.15, -0.1) is 0 Å². The van der Waals surface area contributed by atoms with Gasteiger partial charge in [0.15, 0.2) is 0 Å². The number of unbranched alkanes of at least 4 members (excludes halogenated alkanes) is 3. The van der Waals surface area contributed by atoms with Gasteiger partial charge in [-0.05, 0) is 50.0 Å². The van der Waals surface area contributed by atoms with Gasteiger partial charge in [-0.1, -0.05) is 68.7 Å². The molecule has 0 aliphatic carbocycles. The van der Waals surface area contributed by atoms with Crippen LogP contribution in [-0.2, 0) is 16.0 Å². The maximum Gasteiger partial charge on any atom is 0.303 e. The minimum absolute atomic E-state index is 0.248. The minimum Gasteiger partial charge on any atom is -0.481 e. The zero-order valence-electron chi connectivity index (χ0n) is 17.9. The van der Waals surface area contributed by atoms with E-state index >= 15 is 0 Å². The van der Waals surface area contributed by atoms with E-state index in [2.05, 4.69) is 49.4 Å². The molecule has 1 N–H and O–H groups in total. The van der Waals surface area contributed by atoms with E-state index in [1.54, 1.807) is 0 Å². The Labute approximate surface area is 176 Å². The molecule has 4 nitrogen and oxygen atoms in total. The summed E-state index contributed by atoms with van der Waals surface area (Å²) in [6.45, 7) is 3.11. The van der Waals surface area contributed by atoms with Gasteiger partial charge in [-0.2, -0.15) is 0 Å². The first-order valence-electron chi connectivity index (χ1n) is 11.3. The molecule has 1 aromatic carbocycles. The number of carbonyl (C=O) groups is 2. The Bertz CT molecular complexity index is 641. The molecule has 1 aliphatic heterocycles. The molecule has 1 heterocycles. The van der Waals surface area contributed by atoms with Crippen LogP contribution < -0.4 is 0 Å². The van der Waals surface area contributed by atoms with Crippen LogP contribution in [0.4, 0.5) is 0 Å². The summed E-state index contributed by atoms with van der Waals surface area (Å²) in [6, 6.07) is 10.9. The van der Waals surface area contributed by atoms with Gasteiger partial charge < -0.3 is 10.0 Å². The lowest BCUT2D eigenvalue weighted by Gasteiger charge is -2.22. The number of allylic oxidation sites excluding steroid dienone is 1. The molecule has 0 bridgehead atoms. The number of carbonyl (C=O) groups excluding carboxylic acids is 1. The van der Waals surface area contributed by atoms with Crippen LogP contribution in [0.2, 0.25) is 0 Å². The lowest BCUT2D eigenvalue weighted by Crippen LogP contribution is -2.32. The summed E-state index contributed by atoms with van der Waals surface area (Å²) < 4.78 is 0. The zero-order valence-corrected chi connectivity index (χ0v) is 17.9. The van der Waals surface area contributed by atoms with Crippen molar-refractivity contribution in [3.8, 4) is 0 Å². The monoisotopic (exact) mass is 399 g/mol. The van der Waals surface area contributed by atoms with E-state index in [9.17, 15) is 9.59 Å². The number of benzene rings is 1. The third kappa shape index (κ3) is 9.29. The summed E-state index contributed by atoms with van der Waals surface area (Å²) in [6.07, 6.45) is 14.6. The van der Waals surface area contributed by atoms with Crippen molar-refractivity contribution in [3.05, 3.63) is 48.0 Å². The molecule has 1 fully saturated rings. The Kier molecular flexibility index (Phi) is 10.5. The highest BCUT2D eigenvalue weighted by atomic mass is 16.4. The zero-order chi connectivity index (χ0) is 20.9. The minimum atomic E-state index is -0.723. The van der Waals surface area contributed by atoms with Gasteiger partial charge in [-0.25, -0.2) is 0 Å². The normalized spacial score (nSPS) is 17.9. The van der Waals surface area contributed by atoms with Crippen molar-refractivity contribution in [1.82, 2.24) is 4.90 Å². The van der Waals surface area contributed by atoms with Gasteiger partial charge in [0.05, 0.1) is 6.04 Å². The van der Waals surface area contributed by atoms with Crippen LogP contribution in [0.1, 0.15) is 76.7 Å². The van der Waals surface area contributed by atoms with Crippen LogP contribution in [0.5, 0.6) is 0 Å². The van der Waals surface area contributed by atoms with Crippen molar-refractivity contribution in [1.29, 1.82) is 0 Å². The van der Waals surface area contributed by atoms with Crippen LogP contribution in [0.15, 0.2) is 42.5 Å². The molecule has 2 atom stereocenters. The van der Waals surface area contributed by atoms with Gasteiger partial charge >= 0.3 is 5.97 Å². The maximum absolute atomic E-state index is 12.2. The number of hydrogen-bond donors (Lipinski definition) is 1. The number of aliphatic carboxylic acids is 1. The molecule has 0 aromatic heterocycles. The second-order valence-corrected chi connectivity index (χ2v) is 8.40. The largest absolute Gasteiger partial charge is 0.481 e. The van der Waals surface area contributed by atoms with Crippen molar-refractivity contribution in [3.63, 3.8) is 0 Å². The van der Waals surface area contributed by atoms with E-state index in [-0.39, 0.29) is 18.4 Å². The van der Waals surface area contributed by atoms with E-state index in [0.717, 1.165) is 51.5 Å². The molecule has 1 amide bonds. The average Bonchev–Trinajstić information content (AvgIpc) is 3.05. The lowest BCUT2D eigenvalue weighted by molar-refractivity contribution is -0.137. The summed E-state index contributed by atoms with van der Waals surface area (Å²) in [5.41, 5.74) is 1.42. The molecule has 160 valence electrons. The number of aryl methyl sites for hydroxylation is 1. The molecule has 29 heavy (non-hydrogen) atoms. The van der Waals surface area contributed by atoms with Gasteiger partial charge in [0.2, 0.25) is 5.91 Å². The van der Waals surface area contributed by atoms with Crippen LogP contribution in [0.25, 0.3) is 0 Å². The average molecular weight is 400 g/mol. The van der Waals surface area contributed by atoms with E-state index in [0.29, 0.717) is 12.3 Å². The molecule has 4 heteroatoms. The molecule has 2 unspecified atom stereocenters. The summed E-state index contributed by atoms with van der Waals surface area (Å²) >= 11 is 0. The Hall–Kier alpha value is -2.10. The third-order valence-electron chi connectivity index (χ3n) is 5.82. The maximum atomic E-state index is 12.2. The molecule has 1 aliphatic rings. The number of hydrogen-bond acceptors (Lipinski definition) is 2. The van der Waals surface area contributed by atoms with Crippen LogP contribution in [-0.4, -0.2) is 34.5 Å². The second kappa shape index (κ2) is 13.2. The summed E-state index contributed by atoms with van der Waals surface area (Å²) in [4.78, 5) is 24.7. The Morgan fingerprint density at radius 1 is 1.17 bits per heavy atom. The molecule has 0 saturated carbocycles. The topological polar surface area (TPSA) is 57.6 Å². The highest BCUT2D eigenvalue weighted by Gasteiger charge is 2.28. The number of amides is 1. The SMILES string of the molecule is CC(C/C=C/C1CCC(=O)N1CCCCCCC(=O)O)CCCc1ccccc1. The quantitative estimate of drug-likeness (QED) is 0.326. The predicted octanol–water partition coefficient (Wildman–Crippen LogP) is 5.62. The van der Waals surface area contributed by atoms with Crippen LogP contribution in [0.3, 0.4) is 0 Å². The molecule has 1 aromatic rings. The molecular formula is C25H37NO3. The van der Waals surface area contributed by atoms with Gasteiger partial charge in [0.1, 0.15) is 0 Å². The number of carboxylic acid groups (broad SMARTS) is 1. The molecule has 2 rings (SSSR count). The number of rotatable bonds is 14. The number of nitrogens with zero attached hydrogens (tertiary/aromatic N) is 1. The highest BCUT2D eigenvalue weighted by Crippen LogP contribution is 2.22. The van der Waals surface area contributed by atoms with Gasteiger partial charge in [0, 0.05) is 19.4 Å². The standard InChI is InChI=1S/C25H37NO3/c1-21(11-9-15-22-13-5-4-6-14-22)12-10-16-23-18-19-24(27)26(23)20-8-3-2-7-17-25(28)29/h4-6,10,13-14,16,21,23H,2-3,7-9,11-12,15,17-20H2,1H3,(H,28,29)/b16-10+. The summed E-state index contributed by atoms with van der Waals surface area (Å²) in [5, 5.41) is 8.67. The molecule has 0 spiro atoms. The third-order valence-corrected chi connectivity index (χ3v) is 5.82.